The van der Waals surface area contributed by atoms with Crippen LogP contribution in [0.5, 0.6) is 5.75 Å². The third-order valence-electron chi connectivity index (χ3n) is 7.72. The molecule has 2 aromatic carbocycles. The average Bonchev–Trinajstić information content (AvgIpc) is 2.93. The molecule has 0 aromatic heterocycles. The maximum Gasteiger partial charge on any atom is 0.351 e. The van der Waals surface area contributed by atoms with Crippen molar-refractivity contribution in [3.8, 4) is 5.75 Å². The molecule has 214 valence electrons. The number of benzene rings is 2. The first kappa shape index (κ1) is 28.8. The number of anilines is 2. The van der Waals surface area contributed by atoms with Gasteiger partial charge in [-0.2, -0.15) is 0 Å². The van der Waals surface area contributed by atoms with Crippen molar-refractivity contribution >= 4 is 29.3 Å². The predicted octanol–water partition coefficient (Wildman–Crippen LogP) is 2.56. The number of amides is 2. The Kier molecular flexibility index (Phi) is 8.83. The average molecular weight is 552 g/mol. The number of methoxy groups -OCH3 is 1. The summed E-state index contributed by atoms with van der Waals surface area (Å²) in [6.07, 6.45) is 1.45. The topological polar surface area (TPSA) is 143 Å². The summed E-state index contributed by atoms with van der Waals surface area (Å²) in [5.41, 5.74) is 1.01. The van der Waals surface area contributed by atoms with Crippen molar-refractivity contribution in [1.82, 2.24) is 15.5 Å². The van der Waals surface area contributed by atoms with E-state index in [1.54, 1.807) is 45.2 Å². The lowest BCUT2D eigenvalue weighted by Gasteiger charge is -2.41. The largest absolute Gasteiger partial charge is 0.495 e. The number of aliphatic carboxylic acids is 2. The van der Waals surface area contributed by atoms with Crippen LogP contribution in [0.15, 0.2) is 60.3 Å². The van der Waals surface area contributed by atoms with Crippen LogP contribution in [0.25, 0.3) is 0 Å². The summed E-state index contributed by atoms with van der Waals surface area (Å²) in [5, 5.41) is 28.0. The molecule has 2 amide bonds. The Hall–Kier alpha value is -4.25. The number of para-hydroxylation sites is 2. The standard InChI is InChI=1S/C29H37N5O6/c1-19-25(27(37)38)29(2,18-22(31-19)26(35)36)20-7-6-8-21(17-20)32-28(39)30-11-12-33-13-15-34(16-14-33)23-9-4-5-10-24(23)40-3/h4-10,17-19,25,31H,11-16H2,1-3H3,(H,35,36)(H,37,38)(H2,30,32,39). The molecule has 2 aliphatic rings. The predicted molar refractivity (Wildman–Crippen MR) is 152 cm³/mol. The number of carboxylic acid groups (broad SMARTS) is 2. The van der Waals surface area contributed by atoms with Crippen molar-refractivity contribution in [3.05, 3.63) is 65.9 Å². The minimum absolute atomic E-state index is 0.0488. The lowest BCUT2D eigenvalue weighted by atomic mass is 9.66. The molecule has 0 bridgehead atoms. The van der Waals surface area contributed by atoms with Gasteiger partial charge >= 0.3 is 18.0 Å². The molecule has 2 aromatic rings. The molecule has 2 heterocycles. The second kappa shape index (κ2) is 12.3. The monoisotopic (exact) mass is 551 g/mol. The number of hydrogen-bond donors (Lipinski definition) is 5. The van der Waals surface area contributed by atoms with E-state index in [-0.39, 0.29) is 11.7 Å². The summed E-state index contributed by atoms with van der Waals surface area (Å²) >= 11 is 0. The molecule has 40 heavy (non-hydrogen) atoms. The molecule has 0 aliphatic carbocycles. The van der Waals surface area contributed by atoms with E-state index in [0.29, 0.717) is 24.3 Å². The Bertz CT molecular complexity index is 1280. The van der Waals surface area contributed by atoms with Crippen LogP contribution in [-0.2, 0) is 15.0 Å². The molecule has 11 heteroatoms. The molecule has 1 fully saturated rings. The van der Waals surface area contributed by atoms with Gasteiger partial charge in [0.25, 0.3) is 0 Å². The number of urea groups is 1. The zero-order valence-electron chi connectivity index (χ0n) is 23.0. The van der Waals surface area contributed by atoms with E-state index in [1.165, 1.54) is 6.08 Å². The molecule has 1 saturated heterocycles. The highest BCUT2D eigenvalue weighted by Gasteiger charge is 2.46. The summed E-state index contributed by atoms with van der Waals surface area (Å²) in [6.45, 7) is 7.99. The number of piperazine rings is 1. The van der Waals surface area contributed by atoms with Gasteiger partial charge in [-0.1, -0.05) is 31.2 Å². The van der Waals surface area contributed by atoms with Crippen LogP contribution < -0.4 is 25.6 Å². The molecular weight excluding hydrogens is 514 g/mol. The van der Waals surface area contributed by atoms with Crippen molar-refractivity contribution in [2.75, 3.05) is 56.6 Å². The van der Waals surface area contributed by atoms with Crippen molar-refractivity contribution in [2.45, 2.75) is 25.3 Å². The van der Waals surface area contributed by atoms with Gasteiger partial charge in [0.2, 0.25) is 0 Å². The van der Waals surface area contributed by atoms with E-state index < -0.39 is 29.3 Å². The lowest BCUT2D eigenvalue weighted by Crippen LogP contribution is -2.53. The molecule has 0 saturated carbocycles. The second-order valence-electron chi connectivity index (χ2n) is 10.4. The fourth-order valence-corrected chi connectivity index (χ4v) is 5.67. The third kappa shape index (κ3) is 6.31. The number of ether oxygens (including phenoxy) is 1. The van der Waals surface area contributed by atoms with Crippen LogP contribution in [-0.4, -0.2) is 85.5 Å². The van der Waals surface area contributed by atoms with Crippen LogP contribution in [0.2, 0.25) is 0 Å². The molecule has 0 spiro atoms. The minimum atomic E-state index is -1.16. The quantitative estimate of drug-likeness (QED) is 0.318. The first-order valence-corrected chi connectivity index (χ1v) is 13.3. The first-order chi connectivity index (χ1) is 19.1. The number of hydrogen-bond acceptors (Lipinski definition) is 7. The Balaban J connectivity index is 1.32. The zero-order chi connectivity index (χ0) is 28.9. The van der Waals surface area contributed by atoms with Gasteiger partial charge in [-0.05, 0) is 42.8 Å². The number of rotatable bonds is 9. The molecule has 5 N–H and O–H groups in total. The van der Waals surface area contributed by atoms with Crippen LogP contribution >= 0.6 is 0 Å². The summed E-state index contributed by atoms with van der Waals surface area (Å²) in [4.78, 5) is 41.1. The highest BCUT2D eigenvalue weighted by molar-refractivity contribution is 5.90. The van der Waals surface area contributed by atoms with E-state index in [4.69, 9.17) is 4.74 Å². The molecule has 2 aliphatic heterocycles. The molecular formula is C29H37N5O6. The Morgan fingerprint density at radius 3 is 2.48 bits per heavy atom. The fourth-order valence-electron chi connectivity index (χ4n) is 5.67. The summed E-state index contributed by atoms with van der Waals surface area (Å²) in [5.74, 6) is -2.25. The maximum atomic E-state index is 12.6. The van der Waals surface area contributed by atoms with Crippen LogP contribution in [0.4, 0.5) is 16.2 Å². The van der Waals surface area contributed by atoms with Gasteiger partial charge in [-0.15, -0.1) is 0 Å². The van der Waals surface area contributed by atoms with Crippen molar-refractivity contribution < 1.29 is 29.3 Å². The SMILES string of the molecule is COc1ccccc1N1CCN(CCNC(=O)Nc2cccc(C3(C)C=C(C(=O)O)NC(C)C3C(=O)O)c2)CC1. The Morgan fingerprint density at radius 2 is 1.80 bits per heavy atom. The maximum absolute atomic E-state index is 12.6. The first-order valence-electron chi connectivity index (χ1n) is 13.3. The van der Waals surface area contributed by atoms with Crippen molar-refractivity contribution in [3.63, 3.8) is 0 Å². The molecule has 3 atom stereocenters. The Morgan fingerprint density at radius 1 is 1.07 bits per heavy atom. The number of nitrogens with zero attached hydrogens (tertiary/aromatic N) is 2. The molecule has 11 nitrogen and oxygen atoms in total. The lowest BCUT2D eigenvalue weighted by molar-refractivity contribution is -0.145. The summed E-state index contributed by atoms with van der Waals surface area (Å²) in [6, 6.07) is 13.9. The van der Waals surface area contributed by atoms with Gasteiger partial charge in [0.15, 0.2) is 0 Å². The van der Waals surface area contributed by atoms with Crippen molar-refractivity contribution in [1.29, 1.82) is 0 Å². The number of allylic oxidation sites excluding steroid dienone is 1. The van der Waals surface area contributed by atoms with E-state index in [1.807, 2.05) is 18.2 Å². The van der Waals surface area contributed by atoms with E-state index in [0.717, 1.165) is 37.6 Å². The number of nitrogens with one attached hydrogen (secondary N) is 3. The van der Waals surface area contributed by atoms with E-state index in [9.17, 15) is 24.6 Å². The highest BCUT2D eigenvalue weighted by atomic mass is 16.5. The molecule has 4 rings (SSSR count). The van der Waals surface area contributed by atoms with Gasteiger partial charge in [-0.3, -0.25) is 9.69 Å². The minimum Gasteiger partial charge on any atom is -0.495 e. The van der Waals surface area contributed by atoms with Gasteiger partial charge in [0, 0.05) is 56.4 Å². The van der Waals surface area contributed by atoms with Gasteiger partial charge in [-0.25, -0.2) is 9.59 Å². The van der Waals surface area contributed by atoms with Gasteiger partial charge < -0.3 is 35.8 Å². The van der Waals surface area contributed by atoms with Gasteiger partial charge in [0.1, 0.15) is 11.4 Å². The second-order valence-corrected chi connectivity index (χ2v) is 10.4. The fraction of sp³-hybridized carbons (Fsp3) is 0.414. The zero-order valence-corrected chi connectivity index (χ0v) is 23.0. The van der Waals surface area contributed by atoms with Crippen LogP contribution in [0.1, 0.15) is 19.4 Å². The van der Waals surface area contributed by atoms with Gasteiger partial charge in [0.05, 0.1) is 18.7 Å². The summed E-state index contributed by atoms with van der Waals surface area (Å²) in [7, 11) is 1.68. The van der Waals surface area contributed by atoms with E-state index in [2.05, 4.69) is 31.8 Å². The molecule has 0 radical (unpaired) electrons. The van der Waals surface area contributed by atoms with Crippen LogP contribution in [0, 0.1) is 5.92 Å². The van der Waals surface area contributed by atoms with Crippen LogP contribution in [0.3, 0.4) is 0 Å². The van der Waals surface area contributed by atoms with E-state index >= 15 is 0 Å². The van der Waals surface area contributed by atoms with Crippen molar-refractivity contribution in [2.24, 2.45) is 5.92 Å². The highest BCUT2D eigenvalue weighted by Crippen LogP contribution is 2.40. The number of carboxylic acids is 2. The third-order valence-corrected chi connectivity index (χ3v) is 7.72. The normalized spacial score (nSPS) is 23.0. The number of carbonyl (C=O) groups excluding carboxylic acids is 1. The molecule has 3 unspecified atom stereocenters. The summed E-state index contributed by atoms with van der Waals surface area (Å²) < 4.78 is 5.48. The Labute approximate surface area is 233 Å². The smallest absolute Gasteiger partial charge is 0.351 e. The number of carbonyl (C=O) groups is 3.